The van der Waals surface area contributed by atoms with E-state index in [9.17, 15) is 18.5 Å². The van der Waals surface area contributed by atoms with Gasteiger partial charge in [0.15, 0.2) is 4.90 Å². The number of piperazine rings is 1. The average molecular weight is 440 g/mol. The monoisotopic (exact) mass is 439 g/mol. The molecule has 1 fully saturated rings. The lowest BCUT2D eigenvalue weighted by atomic mass is 10.2. The van der Waals surface area contributed by atoms with E-state index in [1.165, 1.54) is 16.4 Å². The molecular formula is C18H22ClN5O4S. The van der Waals surface area contributed by atoms with Crippen LogP contribution in [0.2, 0.25) is 5.02 Å². The Balaban J connectivity index is 1.82. The van der Waals surface area contributed by atoms with Crippen molar-refractivity contribution in [2.24, 2.45) is 0 Å². The number of hydrogen-bond acceptors (Lipinski definition) is 7. The number of nitro groups is 1. The summed E-state index contributed by atoms with van der Waals surface area (Å²) in [5, 5.41) is 11.4. The number of rotatable bonds is 5. The third-order valence-corrected chi connectivity index (χ3v) is 6.85. The van der Waals surface area contributed by atoms with Gasteiger partial charge in [0.25, 0.3) is 5.69 Å². The van der Waals surface area contributed by atoms with E-state index in [0.717, 1.165) is 23.4 Å². The third-order valence-electron chi connectivity index (χ3n) is 4.67. The molecule has 0 aliphatic carbocycles. The first-order chi connectivity index (χ1) is 13.6. The summed E-state index contributed by atoms with van der Waals surface area (Å²) in [7, 11) is -4.02. The van der Waals surface area contributed by atoms with Gasteiger partial charge >= 0.3 is 0 Å². The number of nitrogens with zero attached hydrogens (tertiary/aromatic N) is 5. The molecule has 0 bridgehead atoms. The molecule has 156 valence electrons. The fourth-order valence-electron chi connectivity index (χ4n) is 3.14. The van der Waals surface area contributed by atoms with Crippen LogP contribution in [0.25, 0.3) is 0 Å². The molecular weight excluding hydrogens is 418 g/mol. The minimum Gasteiger partial charge on any atom is -0.354 e. The number of aromatic nitrogens is 2. The highest BCUT2D eigenvalue weighted by molar-refractivity contribution is 7.89. The molecule has 0 saturated carbocycles. The number of aryl methyl sites for hydroxylation is 1. The van der Waals surface area contributed by atoms with Crippen LogP contribution in [0.3, 0.4) is 0 Å². The summed E-state index contributed by atoms with van der Waals surface area (Å²) in [5.74, 6) is 1.68. The molecule has 1 aromatic heterocycles. The number of nitro benzene ring substituents is 1. The first-order valence-electron chi connectivity index (χ1n) is 9.14. The van der Waals surface area contributed by atoms with E-state index in [1.54, 1.807) is 0 Å². The van der Waals surface area contributed by atoms with Crippen molar-refractivity contribution in [3.63, 3.8) is 0 Å². The molecule has 0 atom stereocenters. The van der Waals surface area contributed by atoms with Crippen LogP contribution < -0.4 is 4.90 Å². The normalized spacial score (nSPS) is 15.7. The number of hydrogen-bond donors (Lipinski definition) is 0. The Labute approximate surface area is 174 Å². The van der Waals surface area contributed by atoms with Crippen LogP contribution in [0.4, 0.5) is 11.5 Å². The molecule has 0 unspecified atom stereocenters. The van der Waals surface area contributed by atoms with Crippen LogP contribution in [0, 0.1) is 17.0 Å². The molecule has 1 saturated heterocycles. The van der Waals surface area contributed by atoms with Gasteiger partial charge in [0.2, 0.25) is 10.0 Å². The van der Waals surface area contributed by atoms with E-state index < -0.39 is 20.6 Å². The minimum atomic E-state index is -4.02. The molecule has 11 heteroatoms. The van der Waals surface area contributed by atoms with Gasteiger partial charge in [0.1, 0.15) is 11.6 Å². The summed E-state index contributed by atoms with van der Waals surface area (Å²) < 4.78 is 27.3. The molecule has 0 amide bonds. The molecule has 9 nitrogen and oxygen atoms in total. The van der Waals surface area contributed by atoms with Crippen molar-refractivity contribution < 1.29 is 13.3 Å². The number of halogens is 1. The Morgan fingerprint density at radius 2 is 1.79 bits per heavy atom. The van der Waals surface area contributed by atoms with Crippen LogP contribution >= 0.6 is 11.6 Å². The largest absolute Gasteiger partial charge is 0.354 e. The third kappa shape index (κ3) is 4.49. The molecule has 1 aliphatic rings. The lowest BCUT2D eigenvalue weighted by molar-refractivity contribution is -0.387. The lowest BCUT2D eigenvalue weighted by Crippen LogP contribution is -2.49. The van der Waals surface area contributed by atoms with Gasteiger partial charge in [-0.15, -0.1) is 0 Å². The van der Waals surface area contributed by atoms with E-state index >= 15 is 0 Å². The Hall–Kier alpha value is -2.30. The van der Waals surface area contributed by atoms with Crippen molar-refractivity contribution >= 4 is 33.1 Å². The maximum atomic E-state index is 13.0. The van der Waals surface area contributed by atoms with Gasteiger partial charge in [-0.25, -0.2) is 18.4 Å². The van der Waals surface area contributed by atoms with Crippen LogP contribution in [0.1, 0.15) is 31.3 Å². The van der Waals surface area contributed by atoms with Gasteiger partial charge in [-0.2, -0.15) is 4.31 Å². The maximum absolute atomic E-state index is 13.0. The topological polar surface area (TPSA) is 110 Å². The summed E-state index contributed by atoms with van der Waals surface area (Å²) in [5.41, 5.74) is 0.332. The standard InChI is InChI=1S/C18H22ClN5O4S/c1-12(2)18-20-13(3)10-17(21-18)22-6-8-23(9-7-22)29(27,28)16-5-4-14(19)11-15(16)24(25)26/h4-5,10-12H,6-9H2,1-3H3. The van der Waals surface area contributed by atoms with E-state index in [0.29, 0.717) is 13.1 Å². The highest BCUT2D eigenvalue weighted by Crippen LogP contribution is 2.30. The van der Waals surface area contributed by atoms with E-state index in [-0.39, 0.29) is 28.9 Å². The lowest BCUT2D eigenvalue weighted by Gasteiger charge is -2.34. The SMILES string of the molecule is Cc1cc(N2CCN(S(=O)(=O)c3ccc(Cl)cc3[N+](=O)[O-])CC2)nc(C(C)C)n1. The van der Waals surface area contributed by atoms with Gasteiger partial charge in [-0.05, 0) is 19.1 Å². The predicted octanol–water partition coefficient (Wildman–Crippen LogP) is 2.98. The molecule has 0 radical (unpaired) electrons. The van der Waals surface area contributed by atoms with Gasteiger partial charge in [-0.3, -0.25) is 10.1 Å². The molecule has 1 aromatic carbocycles. The van der Waals surface area contributed by atoms with Crippen molar-refractivity contribution in [3.05, 3.63) is 50.9 Å². The molecule has 29 heavy (non-hydrogen) atoms. The summed E-state index contributed by atoms with van der Waals surface area (Å²) >= 11 is 5.80. The van der Waals surface area contributed by atoms with E-state index in [2.05, 4.69) is 9.97 Å². The van der Waals surface area contributed by atoms with Crippen LogP contribution in [0.5, 0.6) is 0 Å². The Bertz CT molecular complexity index is 1040. The average Bonchev–Trinajstić information content (AvgIpc) is 2.67. The van der Waals surface area contributed by atoms with Crippen molar-refractivity contribution in [3.8, 4) is 0 Å². The van der Waals surface area contributed by atoms with Gasteiger partial charge in [0.05, 0.1) is 4.92 Å². The fraction of sp³-hybridized carbons (Fsp3) is 0.444. The Morgan fingerprint density at radius 1 is 1.14 bits per heavy atom. The highest BCUT2D eigenvalue weighted by atomic mass is 35.5. The second kappa shape index (κ2) is 8.21. The summed E-state index contributed by atoms with van der Waals surface area (Å²) in [6.45, 7) is 7.18. The van der Waals surface area contributed by atoms with E-state index in [4.69, 9.17) is 11.6 Å². The number of benzene rings is 1. The molecule has 3 rings (SSSR count). The molecule has 0 N–H and O–H groups in total. The molecule has 1 aliphatic heterocycles. The second-order valence-electron chi connectivity index (χ2n) is 7.14. The predicted molar refractivity (Wildman–Crippen MR) is 110 cm³/mol. The van der Waals surface area contributed by atoms with Crippen LogP contribution in [-0.4, -0.2) is 53.8 Å². The minimum absolute atomic E-state index is 0.112. The van der Waals surface area contributed by atoms with E-state index in [1.807, 2.05) is 31.7 Å². The summed E-state index contributed by atoms with van der Waals surface area (Å²) in [6, 6.07) is 5.46. The zero-order valence-electron chi connectivity index (χ0n) is 16.4. The molecule has 0 spiro atoms. The first-order valence-corrected chi connectivity index (χ1v) is 11.0. The second-order valence-corrected chi connectivity index (χ2v) is 9.48. The fourth-order valence-corrected chi connectivity index (χ4v) is 4.87. The van der Waals surface area contributed by atoms with Crippen molar-refractivity contribution in [2.45, 2.75) is 31.6 Å². The van der Waals surface area contributed by atoms with Crippen LogP contribution in [0.15, 0.2) is 29.2 Å². The smallest absolute Gasteiger partial charge is 0.290 e. The summed E-state index contributed by atoms with van der Waals surface area (Å²) in [4.78, 5) is 21.3. The Morgan fingerprint density at radius 3 is 2.38 bits per heavy atom. The quantitative estimate of drug-likeness (QED) is 0.520. The Kier molecular flexibility index (Phi) is 6.06. The van der Waals surface area contributed by atoms with Crippen molar-refractivity contribution in [1.82, 2.24) is 14.3 Å². The zero-order chi connectivity index (χ0) is 21.3. The number of sulfonamides is 1. The number of anilines is 1. The molecule has 2 aromatic rings. The summed E-state index contributed by atoms with van der Waals surface area (Å²) in [6.07, 6.45) is 0. The van der Waals surface area contributed by atoms with Gasteiger partial charge in [-0.1, -0.05) is 25.4 Å². The van der Waals surface area contributed by atoms with Crippen molar-refractivity contribution in [1.29, 1.82) is 0 Å². The van der Waals surface area contributed by atoms with Crippen molar-refractivity contribution in [2.75, 3.05) is 31.1 Å². The highest BCUT2D eigenvalue weighted by Gasteiger charge is 2.34. The molecule has 2 heterocycles. The van der Waals surface area contributed by atoms with Gasteiger partial charge < -0.3 is 4.90 Å². The first kappa shape index (κ1) is 21.4. The maximum Gasteiger partial charge on any atom is 0.290 e. The zero-order valence-corrected chi connectivity index (χ0v) is 17.9. The van der Waals surface area contributed by atoms with Crippen LogP contribution in [-0.2, 0) is 10.0 Å². The van der Waals surface area contributed by atoms with Gasteiger partial charge in [0, 0.05) is 54.9 Å².